The van der Waals surface area contributed by atoms with Crippen molar-refractivity contribution < 1.29 is 9.21 Å². The second-order valence-electron chi connectivity index (χ2n) is 5.08. The lowest BCUT2D eigenvalue weighted by atomic mass is 10.1. The molecule has 0 aliphatic rings. The minimum absolute atomic E-state index is 0.0269. The van der Waals surface area contributed by atoms with Crippen molar-refractivity contribution in [3.63, 3.8) is 0 Å². The third-order valence-electron chi connectivity index (χ3n) is 3.63. The second kappa shape index (κ2) is 5.83. The fourth-order valence-corrected chi connectivity index (χ4v) is 2.46. The average molecular weight is 279 g/mol. The number of amides is 1. The number of benzene rings is 2. The van der Waals surface area contributed by atoms with Crippen LogP contribution < -0.4 is 5.32 Å². The summed E-state index contributed by atoms with van der Waals surface area (Å²) in [7, 11) is 0. The molecule has 0 aliphatic carbocycles. The molecule has 0 saturated carbocycles. The van der Waals surface area contributed by atoms with Crippen LogP contribution in [0.15, 0.2) is 59.2 Å². The Balaban J connectivity index is 1.64. The van der Waals surface area contributed by atoms with Crippen molar-refractivity contribution in [2.75, 3.05) is 6.54 Å². The van der Waals surface area contributed by atoms with Gasteiger partial charge in [0.25, 0.3) is 5.91 Å². The Morgan fingerprint density at radius 2 is 1.86 bits per heavy atom. The van der Waals surface area contributed by atoms with E-state index in [9.17, 15) is 4.79 Å². The van der Waals surface area contributed by atoms with Crippen LogP contribution in [0.5, 0.6) is 0 Å². The summed E-state index contributed by atoms with van der Waals surface area (Å²) in [5.74, 6) is -0.0269. The molecule has 0 fully saturated rings. The molecule has 0 radical (unpaired) electrons. The minimum atomic E-state index is -0.0269. The van der Waals surface area contributed by atoms with Gasteiger partial charge in [-0.25, -0.2) is 0 Å². The summed E-state index contributed by atoms with van der Waals surface area (Å²) in [4.78, 5) is 12.1. The van der Waals surface area contributed by atoms with Crippen LogP contribution in [0.2, 0.25) is 0 Å². The lowest BCUT2D eigenvalue weighted by molar-refractivity contribution is 0.0953. The maximum atomic E-state index is 12.1. The van der Waals surface area contributed by atoms with Gasteiger partial charge in [-0.2, -0.15) is 0 Å². The van der Waals surface area contributed by atoms with Gasteiger partial charge in [0.15, 0.2) is 0 Å². The molecule has 3 aromatic rings. The molecule has 1 aromatic heterocycles. The fraction of sp³-hybridized carbons (Fsp3) is 0.167. The average Bonchev–Trinajstić information content (AvgIpc) is 2.91. The zero-order valence-corrected chi connectivity index (χ0v) is 11.9. The number of aryl methyl sites for hydroxylation is 1. The number of rotatable bonds is 4. The van der Waals surface area contributed by atoms with Gasteiger partial charge in [0.1, 0.15) is 5.58 Å². The number of fused-ring (bicyclic) bond motifs is 1. The zero-order chi connectivity index (χ0) is 14.7. The highest BCUT2D eigenvalue weighted by Crippen LogP contribution is 2.20. The van der Waals surface area contributed by atoms with Gasteiger partial charge in [-0.05, 0) is 36.6 Å². The molecule has 3 heteroatoms. The number of hydrogen-bond acceptors (Lipinski definition) is 2. The predicted molar refractivity (Wildman–Crippen MR) is 83.4 cm³/mol. The van der Waals surface area contributed by atoms with Gasteiger partial charge in [0, 0.05) is 17.5 Å². The van der Waals surface area contributed by atoms with Crippen LogP contribution in [0.25, 0.3) is 11.0 Å². The van der Waals surface area contributed by atoms with Gasteiger partial charge in [-0.15, -0.1) is 0 Å². The van der Waals surface area contributed by atoms with Crippen LogP contribution in [-0.4, -0.2) is 12.5 Å². The van der Waals surface area contributed by atoms with Crippen LogP contribution in [0.3, 0.4) is 0 Å². The topological polar surface area (TPSA) is 42.2 Å². The molecule has 0 bridgehead atoms. The number of hydrogen-bond donors (Lipinski definition) is 1. The normalized spacial score (nSPS) is 10.7. The first-order valence-electron chi connectivity index (χ1n) is 7.04. The van der Waals surface area contributed by atoms with Gasteiger partial charge in [0.2, 0.25) is 0 Å². The van der Waals surface area contributed by atoms with E-state index in [4.69, 9.17) is 4.42 Å². The van der Waals surface area contributed by atoms with E-state index in [1.165, 1.54) is 0 Å². The number of nitrogens with one attached hydrogen (secondary N) is 1. The lowest BCUT2D eigenvalue weighted by Crippen LogP contribution is -2.26. The Bertz CT molecular complexity index is 773. The summed E-state index contributed by atoms with van der Waals surface area (Å²) in [6.45, 7) is 2.54. The molecule has 1 N–H and O–H groups in total. The second-order valence-corrected chi connectivity index (χ2v) is 5.08. The number of carbonyl (C=O) groups excluding carboxylic acids is 1. The highest BCUT2D eigenvalue weighted by atomic mass is 16.3. The number of para-hydroxylation sites is 1. The van der Waals surface area contributed by atoms with Crippen molar-refractivity contribution in [2.45, 2.75) is 13.3 Å². The molecule has 0 unspecified atom stereocenters. The third-order valence-corrected chi connectivity index (χ3v) is 3.63. The molecular weight excluding hydrogens is 262 g/mol. The molecular formula is C18H17NO2. The standard InChI is InChI=1S/C18H17NO2/c1-13-6-2-3-7-15(13)18(20)19-11-10-14-12-21-17-9-5-4-8-16(14)17/h2-9,12H,10-11H2,1H3,(H,19,20). The van der Waals surface area contributed by atoms with E-state index in [2.05, 4.69) is 5.32 Å². The Morgan fingerprint density at radius 1 is 1.10 bits per heavy atom. The molecule has 0 saturated heterocycles. The third kappa shape index (κ3) is 2.82. The lowest BCUT2D eigenvalue weighted by Gasteiger charge is -2.06. The van der Waals surface area contributed by atoms with Crippen LogP contribution in [-0.2, 0) is 6.42 Å². The van der Waals surface area contributed by atoms with Crippen molar-refractivity contribution in [1.82, 2.24) is 5.32 Å². The van der Waals surface area contributed by atoms with Crippen molar-refractivity contribution >= 4 is 16.9 Å². The van der Waals surface area contributed by atoms with Crippen LogP contribution in [0.4, 0.5) is 0 Å². The summed E-state index contributed by atoms with van der Waals surface area (Å²) in [5, 5.41) is 4.08. The molecule has 0 atom stereocenters. The maximum absolute atomic E-state index is 12.1. The summed E-state index contributed by atoms with van der Waals surface area (Å²) >= 11 is 0. The van der Waals surface area contributed by atoms with E-state index < -0.39 is 0 Å². The van der Waals surface area contributed by atoms with Gasteiger partial charge < -0.3 is 9.73 Å². The zero-order valence-electron chi connectivity index (χ0n) is 11.9. The van der Waals surface area contributed by atoms with Gasteiger partial charge in [0.05, 0.1) is 6.26 Å². The SMILES string of the molecule is Cc1ccccc1C(=O)NCCc1coc2ccccc12. The summed E-state index contributed by atoms with van der Waals surface area (Å²) in [6.07, 6.45) is 2.53. The maximum Gasteiger partial charge on any atom is 0.251 e. The van der Waals surface area contributed by atoms with Crippen LogP contribution in [0.1, 0.15) is 21.5 Å². The van der Waals surface area contributed by atoms with Crippen molar-refractivity contribution in [3.05, 3.63) is 71.5 Å². The van der Waals surface area contributed by atoms with E-state index in [0.29, 0.717) is 6.54 Å². The van der Waals surface area contributed by atoms with E-state index in [0.717, 1.165) is 34.1 Å². The first-order valence-corrected chi connectivity index (χ1v) is 7.04. The molecule has 1 heterocycles. The summed E-state index contributed by atoms with van der Waals surface area (Å²) in [6, 6.07) is 15.5. The van der Waals surface area contributed by atoms with Crippen molar-refractivity contribution in [2.24, 2.45) is 0 Å². The molecule has 0 spiro atoms. The van der Waals surface area contributed by atoms with E-state index in [1.807, 2.05) is 55.5 Å². The largest absolute Gasteiger partial charge is 0.464 e. The highest BCUT2D eigenvalue weighted by molar-refractivity contribution is 5.95. The first-order chi connectivity index (χ1) is 10.3. The fourth-order valence-electron chi connectivity index (χ4n) is 2.46. The Morgan fingerprint density at radius 3 is 2.71 bits per heavy atom. The van der Waals surface area contributed by atoms with Gasteiger partial charge >= 0.3 is 0 Å². The van der Waals surface area contributed by atoms with E-state index in [1.54, 1.807) is 6.26 Å². The smallest absolute Gasteiger partial charge is 0.251 e. The highest BCUT2D eigenvalue weighted by Gasteiger charge is 2.09. The quantitative estimate of drug-likeness (QED) is 0.791. The Labute approximate surface area is 123 Å². The molecule has 2 aromatic carbocycles. The predicted octanol–water partition coefficient (Wildman–Crippen LogP) is 3.71. The molecule has 1 amide bonds. The van der Waals surface area contributed by atoms with Gasteiger partial charge in [-0.1, -0.05) is 36.4 Å². The van der Waals surface area contributed by atoms with Crippen molar-refractivity contribution in [1.29, 1.82) is 0 Å². The van der Waals surface area contributed by atoms with Crippen LogP contribution >= 0.6 is 0 Å². The molecule has 21 heavy (non-hydrogen) atoms. The number of carbonyl (C=O) groups is 1. The number of furan rings is 1. The van der Waals surface area contributed by atoms with Gasteiger partial charge in [-0.3, -0.25) is 4.79 Å². The van der Waals surface area contributed by atoms with E-state index >= 15 is 0 Å². The first kappa shape index (κ1) is 13.4. The monoisotopic (exact) mass is 279 g/mol. The Hall–Kier alpha value is -2.55. The summed E-state index contributed by atoms with van der Waals surface area (Å²) in [5.41, 5.74) is 3.73. The van der Waals surface area contributed by atoms with Crippen LogP contribution in [0, 0.1) is 6.92 Å². The molecule has 106 valence electrons. The molecule has 3 nitrogen and oxygen atoms in total. The Kier molecular flexibility index (Phi) is 3.73. The molecule has 3 rings (SSSR count). The van der Waals surface area contributed by atoms with Crippen molar-refractivity contribution in [3.8, 4) is 0 Å². The van der Waals surface area contributed by atoms with E-state index in [-0.39, 0.29) is 5.91 Å². The molecule has 0 aliphatic heterocycles. The minimum Gasteiger partial charge on any atom is -0.464 e. The summed E-state index contributed by atoms with van der Waals surface area (Å²) < 4.78 is 5.50.